The first-order valence-electron chi connectivity index (χ1n) is 4.85. The number of fused-ring (bicyclic) bond motifs is 1. The lowest BCUT2D eigenvalue weighted by Crippen LogP contribution is -1.76. The Bertz CT molecular complexity index is 646. The van der Waals surface area contributed by atoms with Crippen LogP contribution in [0.25, 0.3) is 20.7 Å². The fourth-order valence-electron chi connectivity index (χ4n) is 1.29. The molecular formula is C11H7ClN4S. The summed E-state index contributed by atoms with van der Waals surface area (Å²) in [5, 5.41) is 3.41. The van der Waals surface area contributed by atoms with Crippen LogP contribution >= 0.6 is 22.9 Å². The second kappa shape index (κ2) is 5.55. The van der Waals surface area contributed by atoms with Crippen molar-refractivity contribution in [2.24, 2.45) is 5.11 Å². The van der Waals surface area contributed by atoms with E-state index in [4.69, 9.17) is 17.1 Å². The van der Waals surface area contributed by atoms with Crippen molar-refractivity contribution < 1.29 is 0 Å². The Labute approximate surface area is 107 Å². The van der Waals surface area contributed by atoms with Gasteiger partial charge in [-0.1, -0.05) is 28.6 Å². The van der Waals surface area contributed by atoms with Crippen LogP contribution in [0.1, 0.15) is 12.0 Å². The third kappa shape index (κ3) is 3.11. The largest absolute Gasteiger partial charge is 0.225 e. The number of azide groups is 1. The summed E-state index contributed by atoms with van der Waals surface area (Å²) in [6.45, 7) is 0.401. The molecule has 17 heavy (non-hydrogen) atoms. The SMILES string of the molecule is [N-]=[N+]=NCCC#Cc1ccc2nc(Cl)sc2c1. The molecule has 2 aromatic rings. The number of thiazole rings is 1. The van der Waals surface area contributed by atoms with Gasteiger partial charge in [-0.25, -0.2) is 4.98 Å². The van der Waals surface area contributed by atoms with Crippen molar-refractivity contribution in [3.05, 3.63) is 38.7 Å². The van der Waals surface area contributed by atoms with Crippen molar-refractivity contribution in [1.82, 2.24) is 4.98 Å². The summed E-state index contributed by atoms with van der Waals surface area (Å²) in [6.07, 6.45) is 0.561. The van der Waals surface area contributed by atoms with Gasteiger partial charge in [0, 0.05) is 23.4 Å². The summed E-state index contributed by atoms with van der Waals surface area (Å²) in [6, 6.07) is 5.76. The minimum absolute atomic E-state index is 0.401. The maximum atomic E-state index is 8.10. The molecule has 0 radical (unpaired) electrons. The summed E-state index contributed by atoms with van der Waals surface area (Å²) in [4.78, 5) is 6.82. The number of aromatic nitrogens is 1. The summed E-state index contributed by atoms with van der Waals surface area (Å²) in [5.74, 6) is 5.95. The van der Waals surface area contributed by atoms with Crippen LogP contribution in [0, 0.1) is 11.8 Å². The van der Waals surface area contributed by atoms with Gasteiger partial charge in [0.25, 0.3) is 0 Å². The van der Waals surface area contributed by atoms with Crippen LogP contribution in [0.3, 0.4) is 0 Å². The number of hydrogen-bond donors (Lipinski definition) is 0. The molecule has 0 saturated carbocycles. The van der Waals surface area contributed by atoms with E-state index < -0.39 is 0 Å². The van der Waals surface area contributed by atoms with Gasteiger partial charge in [-0.2, -0.15) is 0 Å². The molecule has 0 aliphatic carbocycles. The predicted octanol–water partition coefficient (Wildman–Crippen LogP) is 4.00. The topological polar surface area (TPSA) is 61.7 Å². The average molecular weight is 263 g/mol. The Hall–Kier alpha value is -1.73. The zero-order chi connectivity index (χ0) is 12.1. The molecule has 0 saturated heterocycles. The zero-order valence-corrected chi connectivity index (χ0v) is 10.3. The molecule has 0 fully saturated rings. The number of rotatable bonds is 2. The fraction of sp³-hybridized carbons (Fsp3) is 0.182. The van der Waals surface area contributed by atoms with Gasteiger partial charge in [0.15, 0.2) is 4.47 Å². The molecule has 1 aromatic heterocycles. The van der Waals surface area contributed by atoms with E-state index in [0.29, 0.717) is 17.4 Å². The first kappa shape index (κ1) is 11.7. The predicted molar refractivity (Wildman–Crippen MR) is 70.1 cm³/mol. The number of benzene rings is 1. The van der Waals surface area contributed by atoms with E-state index in [1.165, 1.54) is 11.3 Å². The minimum atomic E-state index is 0.401. The van der Waals surface area contributed by atoms with Crippen molar-refractivity contribution in [3.8, 4) is 11.8 Å². The third-order valence-electron chi connectivity index (χ3n) is 2.00. The molecule has 0 bridgehead atoms. The summed E-state index contributed by atoms with van der Waals surface area (Å²) in [5.41, 5.74) is 9.90. The van der Waals surface area contributed by atoms with Crippen LogP contribution in [0.2, 0.25) is 4.47 Å². The molecule has 0 N–H and O–H groups in total. The fourth-order valence-corrected chi connectivity index (χ4v) is 2.36. The highest BCUT2D eigenvalue weighted by atomic mass is 35.5. The van der Waals surface area contributed by atoms with E-state index in [9.17, 15) is 0 Å². The first-order chi connectivity index (χ1) is 8.29. The number of halogens is 1. The smallest absolute Gasteiger partial charge is 0.184 e. The zero-order valence-electron chi connectivity index (χ0n) is 8.72. The average Bonchev–Trinajstić information content (AvgIpc) is 2.68. The normalized spacial score (nSPS) is 9.47. The molecule has 4 nitrogen and oxygen atoms in total. The highest BCUT2D eigenvalue weighted by Gasteiger charge is 2.00. The summed E-state index contributed by atoms with van der Waals surface area (Å²) in [7, 11) is 0. The molecular weight excluding hydrogens is 256 g/mol. The van der Waals surface area contributed by atoms with Crippen LogP contribution in [0.5, 0.6) is 0 Å². The van der Waals surface area contributed by atoms with Crippen molar-refractivity contribution >= 4 is 33.2 Å². The molecule has 0 amide bonds. The standard InChI is InChI=1S/C11H7ClN4S/c12-11-15-9-5-4-8(7-10(9)17-11)3-1-2-6-14-16-13/h4-5,7H,2,6H2. The number of hydrogen-bond acceptors (Lipinski definition) is 3. The van der Waals surface area contributed by atoms with Gasteiger partial charge in [-0.15, -0.1) is 11.3 Å². The minimum Gasteiger partial charge on any atom is -0.225 e. The molecule has 0 unspecified atom stereocenters. The van der Waals surface area contributed by atoms with Crippen LogP contribution in [0.15, 0.2) is 23.3 Å². The van der Waals surface area contributed by atoms with Gasteiger partial charge >= 0.3 is 0 Å². The van der Waals surface area contributed by atoms with Gasteiger partial charge in [0.2, 0.25) is 0 Å². The lowest BCUT2D eigenvalue weighted by molar-refractivity contribution is 1.01. The highest BCUT2D eigenvalue weighted by molar-refractivity contribution is 7.22. The Balaban J connectivity index is 2.15. The Morgan fingerprint density at radius 1 is 1.53 bits per heavy atom. The maximum Gasteiger partial charge on any atom is 0.184 e. The molecule has 1 heterocycles. The maximum absolute atomic E-state index is 8.10. The van der Waals surface area contributed by atoms with Crippen LogP contribution < -0.4 is 0 Å². The second-order valence-corrected chi connectivity index (χ2v) is 4.77. The molecule has 84 valence electrons. The van der Waals surface area contributed by atoms with E-state index in [1.54, 1.807) is 0 Å². The van der Waals surface area contributed by atoms with Crippen LogP contribution in [0.4, 0.5) is 0 Å². The van der Waals surface area contributed by atoms with Gasteiger partial charge in [0.05, 0.1) is 10.2 Å². The molecule has 1 aromatic carbocycles. The molecule has 0 aliphatic rings. The molecule has 2 rings (SSSR count). The van der Waals surface area contributed by atoms with Gasteiger partial charge in [0.1, 0.15) is 0 Å². The van der Waals surface area contributed by atoms with Crippen molar-refractivity contribution in [2.45, 2.75) is 6.42 Å². The monoisotopic (exact) mass is 262 g/mol. The lowest BCUT2D eigenvalue weighted by atomic mass is 10.2. The Kier molecular flexibility index (Phi) is 3.84. The van der Waals surface area contributed by atoms with Gasteiger partial charge in [-0.3, -0.25) is 0 Å². The lowest BCUT2D eigenvalue weighted by Gasteiger charge is -1.89. The third-order valence-corrected chi connectivity index (χ3v) is 3.12. The highest BCUT2D eigenvalue weighted by Crippen LogP contribution is 2.26. The van der Waals surface area contributed by atoms with Crippen LogP contribution in [-0.4, -0.2) is 11.5 Å². The van der Waals surface area contributed by atoms with Crippen LogP contribution in [-0.2, 0) is 0 Å². The Morgan fingerprint density at radius 2 is 2.41 bits per heavy atom. The van der Waals surface area contributed by atoms with Gasteiger partial charge in [-0.05, 0) is 23.7 Å². The van der Waals surface area contributed by atoms with Crippen molar-refractivity contribution in [3.63, 3.8) is 0 Å². The molecule has 0 spiro atoms. The molecule has 6 heteroatoms. The van der Waals surface area contributed by atoms with Crippen molar-refractivity contribution in [2.75, 3.05) is 6.54 Å². The van der Waals surface area contributed by atoms with E-state index in [2.05, 4.69) is 26.9 Å². The number of nitrogens with zero attached hydrogens (tertiary/aromatic N) is 4. The van der Waals surface area contributed by atoms with E-state index >= 15 is 0 Å². The van der Waals surface area contributed by atoms with E-state index in [1.807, 2.05) is 18.2 Å². The quantitative estimate of drug-likeness (QED) is 0.265. The van der Waals surface area contributed by atoms with E-state index in [0.717, 1.165) is 15.8 Å². The van der Waals surface area contributed by atoms with Gasteiger partial charge < -0.3 is 0 Å². The summed E-state index contributed by atoms with van der Waals surface area (Å²) < 4.78 is 1.56. The first-order valence-corrected chi connectivity index (χ1v) is 6.05. The molecule has 0 aliphatic heterocycles. The molecule has 0 atom stereocenters. The summed E-state index contributed by atoms with van der Waals surface area (Å²) >= 11 is 7.26. The van der Waals surface area contributed by atoms with E-state index in [-0.39, 0.29) is 0 Å². The van der Waals surface area contributed by atoms with Crippen molar-refractivity contribution in [1.29, 1.82) is 0 Å². The second-order valence-electron chi connectivity index (χ2n) is 3.16. The Morgan fingerprint density at radius 3 is 3.24 bits per heavy atom.